The summed E-state index contributed by atoms with van der Waals surface area (Å²) in [6.45, 7) is 8.65. The standard InChI is InChI=1S/C38H48N6O9/c1-24-10-8-13-29(18-24)31-21-43(42-41-31)22-32-25(2)26(3)37(40-33(46)14-9-15-36(49)53-44-34(47)16-17-35(44)48)38(52-32)50-23-30(51-27(4)45)20-39-19-28-11-6-5-7-12-28/h5-8,10-13,18,21,25-26,30,32,37-39H,9,14-17,19-20,22-23H2,1-4H3,(H,40,46). The summed E-state index contributed by atoms with van der Waals surface area (Å²) in [7, 11) is 0. The van der Waals surface area contributed by atoms with Gasteiger partial charge in [-0.05, 0) is 36.8 Å². The van der Waals surface area contributed by atoms with Crippen LogP contribution in [0.4, 0.5) is 0 Å². The van der Waals surface area contributed by atoms with Crippen LogP contribution in [0.1, 0.15) is 64.0 Å². The number of ether oxygens (including phenoxy) is 3. The number of hydrogen-bond acceptors (Lipinski definition) is 12. The van der Waals surface area contributed by atoms with Crippen LogP contribution < -0.4 is 10.6 Å². The molecule has 2 saturated heterocycles. The Morgan fingerprint density at radius 2 is 1.75 bits per heavy atom. The van der Waals surface area contributed by atoms with E-state index in [0.717, 1.165) is 22.4 Å². The van der Waals surface area contributed by atoms with Gasteiger partial charge in [-0.15, -0.1) is 10.2 Å². The Balaban J connectivity index is 1.23. The number of benzene rings is 2. The van der Waals surface area contributed by atoms with Crippen molar-refractivity contribution in [1.29, 1.82) is 0 Å². The molecule has 0 saturated carbocycles. The molecule has 5 rings (SSSR count). The van der Waals surface area contributed by atoms with Crippen LogP contribution in [0, 0.1) is 18.8 Å². The Morgan fingerprint density at radius 3 is 2.47 bits per heavy atom. The second-order valence-corrected chi connectivity index (χ2v) is 13.6. The van der Waals surface area contributed by atoms with Crippen molar-refractivity contribution in [2.45, 2.75) is 97.4 Å². The number of nitrogens with one attached hydrogen (secondary N) is 2. The van der Waals surface area contributed by atoms with Gasteiger partial charge >= 0.3 is 11.9 Å². The maximum absolute atomic E-state index is 13.2. The van der Waals surface area contributed by atoms with Gasteiger partial charge in [0.25, 0.3) is 11.8 Å². The molecule has 0 aliphatic carbocycles. The van der Waals surface area contributed by atoms with Crippen molar-refractivity contribution in [1.82, 2.24) is 30.7 Å². The maximum atomic E-state index is 13.2. The summed E-state index contributed by atoms with van der Waals surface area (Å²) in [5.41, 5.74) is 3.87. The molecule has 15 heteroatoms. The number of aryl methyl sites for hydroxylation is 1. The first-order chi connectivity index (χ1) is 25.5. The quantitative estimate of drug-likeness (QED) is 0.153. The van der Waals surface area contributed by atoms with Crippen molar-refractivity contribution < 1.29 is 43.0 Å². The smallest absolute Gasteiger partial charge is 0.333 e. The zero-order chi connectivity index (χ0) is 37.9. The lowest BCUT2D eigenvalue weighted by molar-refractivity contribution is -0.246. The zero-order valence-corrected chi connectivity index (χ0v) is 30.6. The van der Waals surface area contributed by atoms with Crippen LogP contribution in [-0.2, 0) is 56.1 Å². The summed E-state index contributed by atoms with van der Waals surface area (Å²) in [5, 5.41) is 15.6. The number of aromatic nitrogens is 3. The molecule has 2 aromatic carbocycles. The van der Waals surface area contributed by atoms with E-state index in [1.165, 1.54) is 6.92 Å². The van der Waals surface area contributed by atoms with Gasteiger partial charge in [-0.2, -0.15) is 0 Å². The maximum Gasteiger partial charge on any atom is 0.333 e. The highest BCUT2D eigenvalue weighted by Gasteiger charge is 2.43. The number of nitrogens with zero attached hydrogens (tertiary/aromatic N) is 4. The molecule has 2 N–H and O–H groups in total. The topological polar surface area (TPSA) is 180 Å². The van der Waals surface area contributed by atoms with E-state index in [0.29, 0.717) is 24.7 Å². The predicted molar refractivity (Wildman–Crippen MR) is 190 cm³/mol. The number of carbonyl (C=O) groups excluding carboxylic acids is 5. The molecule has 6 atom stereocenters. The number of hydroxylamine groups is 2. The molecule has 15 nitrogen and oxygen atoms in total. The van der Waals surface area contributed by atoms with Crippen molar-refractivity contribution in [3.05, 3.63) is 71.9 Å². The molecule has 0 bridgehead atoms. The highest BCUT2D eigenvalue weighted by Crippen LogP contribution is 2.33. The summed E-state index contributed by atoms with van der Waals surface area (Å²) in [6.07, 6.45) is -0.123. The lowest BCUT2D eigenvalue weighted by Crippen LogP contribution is -2.59. The lowest BCUT2D eigenvalue weighted by Gasteiger charge is -2.45. The second-order valence-electron chi connectivity index (χ2n) is 13.6. The fourth-order valence-electron chi connectivity index (χ4n) is 6.36. The van der Waals surface area contributed by atoms with Crippen LogP contribution in [0.25, 0.3) is 11.3 Å². The van der Waals surface area contributed by atoms with E-state index in [1.54, 1.807) is 4.68 Å². The summed E-state index contributed by atoms with van der Waals surface area (Å²) < 4.78 is 20.2. The van der Waals surface area contributed by atoms with Gasteiger partial charge in [-0.25, -0.2) is 9.48 Å². The van der Waals surface area contributed by atoms with Gasteiger partial charge in [0.1, 0.15) is 11.8 Å². The van der Waals surface area contributed by atoms with Crippen LogP contribution in [0.5, 0.6) is 0 Å². The van der Waals surface area contributed by atoms with E-state index >= 15 is 0 Å². The molecule has 0 radical (unpaired) electrons. The largest absolute Gasteiger partial charge is 0.459 e. The summed E-state index contributed by atoms with van der Waals surface area (Å²) in [5.74, 6) is -2.90. The van der Waals surface area contributed by atoms with Crippen molar-refractivity contribution in [2.75, 3.05) is 13.2 Å². The third kappa shape index (κ3) is 11.2. The zero-order valence-electron chi connectivity index (χ0n) is 30.6. The molecule has 284 valence electrons. The number of imide groups is 1. The molecule has 2 aliphatic heterocycles. The number of esters is 1. The molecule has 3 heterocycles. The Labute approximate surface area is 308 Å². The molecular weight excluding hydrogens is 684 g/mol. The van der Waals surface area contributed by atoms with Gasteiger partial charge < -0.3 is 29.7 Å². The monoisotopic (exact) mass is 732 g/mol. The molecular formula is C38H48N6O9. The van der Waals surface area contributed by atoms with E-state index in [9.17, 15) is 24.0 Å². The van der Waals surface area contributed by atoms with Crippen molar-refractivity contribution in [3.63, 3.8) is 0 Å². The number of amides is 3. The van der Waals surface area contributed by atoms with E-state index < -0.39 is 42.2 Å². The van der Waals surface area contributed by atoms with Gasteiger partial charge in [0.15, 0.2) is 6.29 Å². The van der Waals surface area contributed by atoms with Gasteiger partial charge in [0, 0.05) is 51.3 Å². The molecule has 3 aromatic rings. The number of carbonyl (C=O) groups is 5. The minimum Gasteiger partial charge on any atom is -0.459 e. The third-order valence-electron chi connectivity index (χ3n) is 9.44. The van der Waals surface area contributed by atoms with Crippen LogP contribution in [0.3, 0.4) is 0 Å². The van der Waals surface area contributed by atoms with Crippen molar-refractivity contribution in [2.24, 2.45) is 11.8 Å². The molecule has 2 aliphatic rings. The van der Waals surface area contributed by atoms with Crippen LogP contribution in [-0.4, -0.2) is 87.4 Å². The molecule has 3 amide bonds. The molecule has 2 fully saturated rings. The lowest BCUT2D eigenvalue weighted by atomic mass is 9.81. The normalized spacial score (nSPS) is 22.0. The van der Waals surface area contributed by atoms with Crippen LogP contribution in [0.2, 0.25) is 0 Å². The highest BCUT2D eigenvalue weighted by molar-refractivity contribution is 6.01. The van der Waals surface area contributed by atoms with E-state index in [-0.39, 0.29) is 62.6 Å². The molecule has 0 spiro atoms. The molecule has 6 unspecified atom stereocenters. The number of hydrogen-bond donors (Lipinski definition) is 2. The Morgan fingerprint density at radius 1 is 1.00 bits per heavy atom. The van der Waals surface area contributed by atoms with Gasteiger partial charge in [0.2, 0.25) is 5.91 Å². The fourth-order valence-corrected chi connectivity index (χ4v) is 6.36. The Kier molecular flexibility index (Phi) is 13.8. The Bertz CT molecular complexity index is 1720. The fraction of sp³-hybridized carbons (Fsp3) is 0.500. The van der Waals surface area contributed by atoms with E-state index in [2.05, 4.69) is 20.9 Å². The summed E-state index contributed by atoms with van der Waals surface area (Å²) >= 11 is 0. The van der Waals surface area contributed by atoms with Gasteiger partial charge in [-0.1, -0.05) is 73.2 Å². The first kappa shape index (κ1) is 39.2. The van der Waals surface area contributed by atoms with Gasteiger partial charge in [-0.3, -0.25) is 19.2 Å². The van der Waals surface area contributed by atoms with E-state index in [4.69, 9.17) is 19.0 Å². The summed E-state index contributed by atoms with van der Waals surface area (Å²) in [6, 6.07) is 17.2. The van der Waals surface area contributed by atoms with Crippen molar-refractivity contribution >= 4 is 29.7 Å². The molecule has 53 heavy (non-hydrogen) atoms. The first-order valence-electron chi connectivity index (χ1n) is 18.0. The first-order valence-corrected chi connectivity index (χ1v) is 18.0. The third-order valence-corrected chi connectivity index (χ3v) is 9.44. The second kappa shape index (κ2) is 18.7. The van der Waals surface area contributed by atoms with Gasteiger partial charge in [0.05, 0.1) is 31.5 Å². The minimum atomic E-state index is -0.917. The number of rotatable bonds is 17. The average molecular weight is 733 g/mol. The molecule has 1 aromatic heterocycles. The minimum absolute atomic E-state index is 0.00220. The Hall–Kier alpha value is -4.99. The van der Waals surface area contributed by atoms with Crippen LogP contribution >= 0.6 is 0 Å². The SMILES string of the molecule is CC(=O)OC(CNCc1ccccc1)COC1OC(Cn2cc(-c3cccc(C)c3)nn2)C(C)C(C)C1NC(=O)CCCC(=O)ON1C(=O)CCC1=O. The summed E-state index contributed by atoms with van der Waals surface area (Å²) in [4.78, 5) is 66.0. The average Bonchev–Trinajstić information content (AvgIpc) is 3.73. The van der Waals surface area contributed by atoms with Crippen LogP contribution in [0.15, 0.2) is 60.8 Å². The predicted octanol–water partition coefficient (Wildman–Crippen LogP) is 3.25. The van der Waals surface area contributed by atoms with Crippen molar-refractivity contribution in [3.8, 4) is 11.3 Å². The highest BCUT2D eigenvalue weighted by atomic mass is 16.7. The van der Waals surface area contributed by atoms with E-state index in [1.807, 2.05) is 81.6 Å².